The van der Waals surface area contributed by atoms with Crippen LogP contribution < -0.4 is 15.4 Å². The molecule has 0 spiro atoms. The Morgan fingerprint density at radius 1 is 1.04 bits per heavy atom. The molecular weight excluding hydrogens is 357 g/mol. The summed E-state index contributed by atoms with van der Waals surface area (Å²) in [5.74, 6) is 0.266. The van der Waals surface area contributed by atoms with Crippen molar-refractivity contribution in [3.05, 3.63) is 89.5 Å². The summed E-state index contributed by atoms with van der Waals surface area (Å²) in [5, 5.41) is 6.02. The van der Waals surface area contributed by atoms with E-state index in [4.69, 9.17) is 4.74 Å². The summed E-state index contributed by atoms with van der Waals surface area (Å²) in [7, 11) is 1.64. The minimum Gasteiger partial charge on any atom is -0.496 e. The van der Waals surface area contributed by atoms with E-state index in [9.17, 15) is 9.18 Å². The van der Waals surface area contributed by atoms with Crippen molar-refractivity contribution >= 4 is 11.6 Å². The molecule has 0 unspecified atom stereocenters. The fourth-order valence-electron chi connectivity index (χ4n) is 2.78. The Hall–Kier alpha value is -3.41. The van der Waals surface area contributed by atoms with E-state index in [2.05, 4.69) is 15.6 Å². The monoisotopic (exact) mass is 379 g/mol. The molecule has 1 aromatic heterocycles. The van der Waals surface area contributed by atoms with E-state index in [1.807, 2.05) is 24.3 Å². The van der Waals surface area contributed by atoms with E-state index >= 15 is 0 Å². The highest BCUT2D eigenvalue weighted by Gasteiger charge is 2.08. The number of rotatable bonds is 8. The van der Waals surface area contributed by atoms with Crippen LogP contribution in [0.4, 0.5) is 10.1 Å². The van der Waals surface area contributed by atoms with Crippen molar-refractivity contribution < 1.29 is 13.9 Å². The van der Waals surface area contributed by atoms with E-state index in [1.165, 1.54) is 6.07 Å². The van der Waals surface area contributed by atoms with Gasteiger partial charge in [-0.2, -0.15) is 0 Å². The van der Waals surface area contributed by atoms with Crippen LogP contribution in [0.2, 0.25) is 0 Å². The lowest BCUT2D eigenvalue weighted by Gasteiger charge is -2.10. The number of aromatic nitrogens is 1. The van der Waals surface area contributed by atoms with Crippen LogP contribution in [0.3, 0.4) is 0 Å². The molecule has 0 fully saturated rings. The number of nitrogens with one attached hydrogen (secondary N) is 2. The molecular formula is C22H22FN3O2. The summed E-state index contributed by atoms with van der Waals surface area (Å²) in [6.45, 7) is 0.926. The van der Waals surface area contributed by atoms with Gasteiger partial charge in [-0.15, -0.1) is 0 Å². The summed E-state index contributed by atoms with van der Waals surface area (Å²) in [4.78, 5) is 16.4. The average molecular weight is 379 g/mol. The van der Waals surface area contributed by atoms with E-state index < -0.39 is 0 Å². The molecule has 2 aromatic carbocycles. The highest BCUT2D eigenvalue weighted by atomic mass is 19.1. The zero-order valence-corrected chi connectivity index (χ0v) is 15.6. The Bertz CT molecular complexity index is 929. The number of ether oxygens (including phenoxy) is 1. The van der Waals surface area contributed by atoms with Gasteiger partial charge in [-0.05, 0) is 36.2 Å². The topological polar surface area (TPSA) is 63.2 Å². The maximum absolute atomic E-state index is 13.6. The van der Waals surface area contributed by atoms with E-state index in [1.54, 1.807) is 43.6 Å². The molecule has 144 valence electrons. The lowest BCUT2D eigenvalue weighted by atomic mass is 10.1. The molecule has 1 heterocycles. The van der Waals surface area contributed by atoms with E-state index in [0.717, 1.165) is 17.0 Å². The molecule has 0 saturated carbocycles. The summed E-state index contributed by atoms with van der Waals surface area (Å²) >= 11 is 0. The van der Waals surface area contributed by atoms with Gasteiger partial charge in [0, 0.05) is 18.7 Å². The van der Waals surface area contributed by atoms with Crippen LogP contribution >= 0.6 is 0 Å². The number of carbonyl (C=O) groups is 1. The third-order valence-corrected chi connectivity index (χ3v) is 4.31. The number of nitrogens with zero attached hydrogens (tertiary/aromatic N) is 1. The average Bonchev–Trinajstić information content (AvgIpc) is 2.74. The predicted octanol–water partition coefficient (Wildman–Crippen LogP) is 3.81. The molecule has 0 aliphatic rings. The number of methoxy groups -OCH3 is 1. The normalized spacial score (nSPS) is 10.4. The largest absolute Gasteiger partial charge is 0.496 e. The Balaban J connectivity index is 1.50. The van der Waals surface area contributed by atoms with Crippen LogP contribution in [0.5, 0.6) is 5.75 Å². The Morgan fingerprint density at radius 3 is 2.50 bits per heavy atom. The molecule has 2 N–H and O–H groups in total. The van der Waals surface area contributed by atoms with Crippen molar-refractivity contribution in [3.63, 3.8) is 0 Å². The van der Waals surface area contributed by atoms with Gasteiger partial charge in [-0.25, -0.2) is 9.37 Å². The fraction of sp³-hybridized carbons (Fsp3) is 0.182. The highest BCUT2D eigenvalue weighted by molar-refractivity contribution is 5.92. The Labute approximate surface area is 163 Å². The zero-order chi connectivity index (χ0) is 19.8. The lowest BCUT2D eigenvalue weighted by molar-refractivity contribution is 0.0949. The standard InChI is InChI=1S/C22H22FN3O2/c1-28-21-9-5-3-7-17(21)14-25-18-10-11-20(26-15-18)22(27)24-13-12-16-6-2-4-8-19(16)23/h2-11,15,25H,12-14H2,1H3,(H,24,27). The molecule has 28 heavy (non-hydrogen) atoms. The highest BCUT2D eigenvalue weighted by Crippen LogP contribution is 2.18. The van der Waals surface area contributed by atoms with Gasteiger partial charge in [-0.3, -0.25) is 4.79 Å². The van der Waals surface area contributed by atoms with Crippen LogP contribution in [0, 0.1) is 5.82 Å². The summed E-state index contributed by atoms with van der Waals surface area (Å²) in [5.41, 5.74) is 2.72. The molecule has 0 aliphatic heterocycles. The summed E-state index contributed by atoms with van der Waals surface area (Å²) < 4.78 is 18.9. The fourth-order valence-corrected chi connectivity index (χ4v) is 2.78. The van der Waals surface area contributed by atoms with Crippen molar-refractivity contribution in [2.75, 3.05) is 19.0 Å². The third-order valence-electron chi connectivity index (χ3n) is 4.31. The molecule has 0 atom stereocenters. The molecule has 5 nitrogen and oxygen atoms in total. The molecule has 6 heteroatoms. The quantitative estimate of drug-likeness (QED) is 0.625. The lowest BCUT2D eigenvalue weighted by Crippen LogP contribution is -2.26. The Morgan fingerprint density at radius 2 is 1.79 bits per heavy atom. The number of halogens is 1. The first-order chi connectivity index (χ1) is 13.7. The van der Waals surface area contributed by atoms with Crippen LogP contribution in [-0.4, -0.2) is 24.5 Å². The minimum atomic E-state index is -0.285. The number of anilines is 1. The van der Waals surface area contributed by atoms with Crippen LogP contribution in [0.15, 0.2) is 66.9 Å². The maximum atomic E-state index is 13.6. The van der Waals surface area contributed by atoms with E-state index in [0.29, 0.717) is 30.8 Å². The first-order valence-corrected chi connectivity index (χ1v) is 9.01. The van der Waals surface area contributed by atoms with Crippen LogP contribution in [0.1, 0.15) is 21.6 Å². The number of hydrogen-bond donors (Lipinski definition) is 2. The van der Waals surface area contributed by atoms with Crippen LogP contribution in [-0.2, 0) is 13.0 Å². The molecule has 1 amide bonds. The van der Waals surface area contributed by atoms with Crippen molar-refractivity contribution in [1.29, 1.82) is 0 Å². The van der Waals surface area contributed by atoms with E-state index in [-0.39, 0.29) is 11.7 Å². The zero-order valence-electron chi connectivity index (χ0n) is 15.6. The SMILES string of the molecule is COc1ccccc1CNc1ccc(C(=O)NCCc2ccccc2F)nc1. The van der Waals surface area contributed by atoms with Gasteiger partial charge in [0.25, 0.3) is 5.91 Å². The maximum Gasteiger partial charge on any atom is 0.269 e. The number of pyridine rings is 1. The summed E-state index contributed by atoms with van der Waals surface area (Å²) in [6.07, 6.45) is 2.04. The first-order valence-electron chi connectivity index (χ1n) is 9.01. The molecule has 0 radical (unpaired) electrons. The van der Waals surface area contributed by atoms with Gasteiger partial charge >= 0.3 is 0 Å². The number of benzene rings is 2. The second-order valence-electron chi connectivity index (χ2n) is 6.19. The first kappa shape index (κ1) is 19.4. The second kappa shape index (κ2) is 9.50. The van der Waals surface area contributed by atoms with Gasteiger partial charge in [0.15, 0.2) is 0 Å². The van der Waals surface area contributed by atoms with Gasteiger partial charge in [-0.1, -0.05) is 36.4 Å². The molecule has 0 bridgehead atoms. The van der Waals surface area contributed by atoms with Crippen molar-refractivity contribution in [2.45, 2.75) is 13.0 Å². The van der Waals surface area contributed by atoms with Gasteiger partial charge < -0.3 is 15.4 Å². The third kappa shape index (κ3) is 5.07. The number of para-hydroxylation sites is 1. The van der Waals surface area contributed by atoms with Crippen molar-refractivity contribution in [3.8, 4) is 5.75 Å². The van der Waals surface area contributed by atoms with Gasteiger partial charge in [0.1, 0.15) is 17.3 Å². The number of hydrogen-bond acceptors (Lipinski definition) is 4. The van der Waals surface area contributed by atoms with Gasteiger partial charge in [0.2, 0.25) is 0 Å². The minimum absolute atomic E-state index is 0.264. The Kier molecular flexibility index (Phi) is 6.57. The molecule has 3 aromatic rings. The van der Waals surface area contributed by atoms with Crippen molar-refractivity contribution in [2.24, 2.45) is 0 Å². The summed E-state index contributed by atoms with van der Waals surface area (Å²) in [6, 6.07) is 17.8. The van der Waals surface area contributed by atoms with Gasteiger partial charge in [0.05, 0.1) is 19.0 Å². The second-order valence-corrected chi connectivity index (χ2v) is 6.19. The molecule has 3 rings (SSSR count). The smallest absolute Gasteiger partial charge is 0.269 e. The predicted molar refractivity (Wildman–Crippen MR) is 107 cm³/mol. The van der Waals surface area contributed by atoms with Crippen molar-refractivity contribution in [1.82, 2.24) is 10.3 Å². The van der Waals surface area contributed by atoms with Crippen LogP contribution in [0.25, 0.3) is 0 Å². The number of amides is 1. The molecule has 0 aliphatic carbocycles. The molecule has 0 saturated heterocycles. The number of carbonyl (C=O) groups excluding carboxylic acids is 1.